The highest BCUT2D eigenvalue weighted by atomic mass is 16.5. The van der Waals surface area contributed by atoms with E-state index in [9.17, 15) is 9.59 Å². The van der Waals surface area contributed by atoms with Gasteiger partial charge in [0.25, 0.3) is 0 Å². The first-order valence-electron chi connectivity index (χ1n) is 6.47. The van der Waals surface area contributed by atoms with Gasteiger partial charge in [0, 0.05) is 19.3 Å². The summed E-state index contributed by atoms with van der Waals surface area (Å²) in [5, 5.41) is 11.5. The Balaban J connectivity index is 1.70. The number of ether oxygens (including phenoxy) is 2. The van der Waals surface area contributed by atoms with E-state index in [0.29, 0.717) is 26.3 Å². The summed E-state index contributed by atoms with van der Waals surface area (Å²) in [6.45, 7) is 3.71. The predicted molar refractivity (Wildman–Crippen MR) is 65.9 cm³/mol. The number of amides is 2. The van der Waals surface area contributed by atoms with Crippen LogP contribution in [0.15, 0.2) is 0 Å². The number of nitrogens with one attached hydrogen (secondary N) is 1. The largest absolute Gasteiger partial charge is 0.480 e. The summed E-state index contributed by atoms with van der Waals surface area (Å²) >= 11 is 0. The normalized spacial score (nSPS) is 22.7. The Kier molecular flexibility index (Phi) is 4.26. The fourth-order valence-corrected chi connectivity index (χ4v) is 2.34. The Morgan fingerprint density at radius 2 is 2.05 bits per heavy atom. The molecule has 0 aromatic heterocycles. The summed E-state index contributed by atoms with van der Waals surface area (Å²) in [4.78, 5) is 24.0. The number of carboxylic acid groups (broad SMARTS) is 1. The smallest absolute Gasteiger partial charge is 0.329 e. The van der Waals surface area contributed by atoms with Crippen molar-refractivity contribution >= 4 is 12.0 Å². The van der Waals surface area contributed by atoms with E-state index in [0.717, 1.165) is 12.8 Å². The molecular weight excluding hydrogens is 252 g/mol. The average Bonchev–Trinajstić information content (AvgIpc) is 2.34. The van der Waals surface area contributed by atoms with Crippen LogP contribution in [0, 0.1) is 0 Å². The van der Waals surface area contributed by atoms with Gasteiger partial charge in [-0.1, -0.05) is 0 Å². The van der Waals surface area contributed by atoms with Crippen LogP contribution in [0.4, 0.5) is 4.79 Å². The molecule has 2 fully saturated rings. The lowest BCUT2D eigenvalue weighted by atomic mass is 9.97. The summed E-state index contributed by atoms with van der Waals surface area (Å²) in [6, 6.07) is 0.0661. The van der Waals surface area contributed by atoms with Crippen molar-refractivity contribution < 1.29 is 24.2 Å². The highest BCUT2D eigenvalue weighted by Gasteiger charge is 2.43. The molecule has 0 saturated carbocycles. The van der Waals surface area contributed by atoms with Crippen molar-refractivity contribution in [3.05, 3.63) is 0 Å². The zero-order chi connectivity index (χ0) is 13.9. The number of carboxylic acids is 1. The van der Waals surface area contributed by atoms with Crippen molar-refractivity contribution in [1.82, 2.24) is 10.2 Å². The quantitative estimate of drug-likeness (QED) is 0.755. The second-order valence-electron chi connectivity index (χ2n) is 5.32. The molecule has 0 unspecified atom stereocenters. The molecule has 0 bridgehead atoms. The zero-order valence-electron chi connectivity index (χ0n) is 11.1. The molecule has 19 heavy (non-hydrogen) atoms. The Labute approximate surface area is 111 Å². The van der Waals surface area contributed by atoms with Gasteiger partial charge in [-0.15, -0.1) is 0 Å². The highest BCUT2D eigenvalue weighted by Crippen LogP contribution is 2.24. The van der Waals surface area contributed by atoms with Gasteiger partial charge in [0.15, 0.2) is 0 Å². The molecule has 2 aliphatic heterocycles. The first kappa shape index (κ1) is 14.1. The number of hydrogen-bond donors (Lipinski definition) is 2. The fraction of sp³-hybridized carbons (Fsp3) is 0.833. The maximum absolute atomic E-state index is 11.9. The molecule has 2 rings (SSSR count). The molecular formula is C12H20N2O5. The summed E-state index contributed by atoms with van der Waals surface area (Å²) in [5.41, 5.74) is -0.536. The minimum absolute atomic E-state index is 0.108. The van der Waals surface area contributed by atoms with Crippen LogP contribution in [0.1, 0.15) is 19.8 Å². The zero-order valence-corrected chi connectivity index (χ0v) is 11.1. The highest BCUT2D eigenvalue weighted by molar-refractivity contribution is 5.76. The lowest BCUT2D eigenvalue weighted by Crippen LogP contribution is -2.66. The summed E-state index contributed by atoms with van der Waals surface area (Å²) < 4.78 is 10.5. The third kappa shape index (κ3) is 3.81. The second-order valence-corrected chi connectivity index (χ2v) is 5.32. The molecule has 2 saturated heterocycles. The Morgan fingerprint density at radius 1 is 1.42 bits per heavy atom. The number of urea groups is 1. The maximum atomic E-state index is 11.9. The van der Waals surface area contributed by atoms with Gasteiger partial charge >= 0.3 is 12.0 Å². The molecule has 0 spiro atoms. The summed E-state index contributed by atoms with van der Waals surface area (Å²) in [6.07, 6.45) is 1.68. The number of likely N-dealkylation sites (tertiary alicyclic amines) is 1. The summed E-state index contributed by atoms with van der Waals surface area (Å²) in [5.74, 6) is -0.994. The van der Waals surface area contributed by atoms with Gasteiger partial charge in [-0.2, -0.15) is 0 Å². The van der Waals surface area contributed by atoms with Crippen molar-refractivity contribution in [3.8, 4) is 0 Å². The van der Waals surface area contributed by atoms with E-state index in [1.165, 1.54) is 0 Å². The first-order chi connectivity index (χ1) is 8.98. The van der Waals surface area contributed by atoms with Gasteiger partial charge in [-0.25, -0.2) is 9.59 Å². The molecule has 2 amide bonds. The lowest BCUT2D eigenvalue weighted by molar-refractivity contribution is -0.159. The van der Waals surface area contributed by atoms with Gasteiger partial charge in [-0.05, 0) is 19.8 Å². The van der Waals surface area contributed by atoms with Crippen LogP contribution in [-0.2, 0) is 14.3 Å². The van der Waals surface area contributed by atoms with Crippen LogP contribution >= 0.6 is 0 Å². The van der Waals surface area contributed by atoms with Crippen LogP contribution in [0.5, 0.6) is 0 Å². The Morgan fingerprint density at radius 3 is 2.63 bits per heavy atom. The third-order valence-corrected chi connectivity index (χ3v) is 3.43. The van der Waals surface area contributed by atoms with Gasteiger partial charge in [-0.3, -0.25) is 0 Å². The Bertz CT molecular complexity index is 348. The molecule has 2 N–H and O–H groups in total. The number of nitrogens with zero attached hydrogens (tertiary/aromatic N) is 1. The minimum atomic E-state index is -0.994. The van der Waals surface area contributed by atoms with E-state index >= 15 is 0 Å². The van der Waals surface area contributed by atoms with Gasteiger partial charge in [0.2, 0.25) is 0 Å². The van der Waals surface area contributed by atoms with Gasteiger partial charge in [0.1, 0.15) is 12.2 Å². The molecule has 0 radical (unpaired) electrons. The molecule has 2 heterocycles. The van der Waals surface area contributed by atoms with E-state index in [4.69, 9.17) is 14.6 Å². The number of carbonyl (C=O) groups is 2. The van der Waals surface area contributed by atoms with Crippen molar-refractivity contribution in [3.63, 3.8) is 0 Å². The van der Waals surface area contributed by atoms with Crippen molar-refractivity contribution in [2.45, 2.75) is 31.4 Å². The number of carbonyl (C=O) groups excluding carboxylic acids is 1. The van der Waals surface area contributed by atoms with Crippen LogP contribution < -0.4 is 5.32 Å². The molecule has 2 aliphatic rings. The molecule has 0 atom stereocenters. The van der Waals surface area contributed by atoms with Crippen LogP contribution in [-0.4, -0.2) is 66.6 Å². The molecule has 7 heteroatoms. The van der Waals surface area contributed by atoms with E-state index in [1.807, 2.05) is 6.92 Å². The molecule has 0 aromatic rings. The predicted octanol–water partition coefficient (Wildman–Crippen LogP) is 0.0505. The Hall–Kier alpha value is -1.34. The van der Waals surface area contributed by atoms with Crippen LogP contribution in [0.25, 0.3) is 0 Å². The first-order valence-corrected chi connectivity index (χ1v) is 6.47. The second kappa shape index (κ2) is 5.75. The summed E-state index contributed by atoms with van der Waals surface area (Å²) in [7, 11) is 0. The third-order valence-electron chi connectivity index (χ3n) is 3.43. The van der Waals surface area contributed by atoms with Crippen molar-refractivity contribution in [1.29, 1.82) is 0 Å². The van der Waals surface area contributed by atoms with E-state index in [2.05, 4.69) is 5.32 Å². The van der Waals surface area contributed by atoms with Crippen molar-refractivity contribution in [2.75, 3.05) is 32.9 Å². The number of rotatable bonds is 4. The molecule has 0 aromatic carbocycles. The van der Waals surface area contributed by atoms with Crippen molar-refractivity contribution in [2.24, 2.45) is 0 Å². The standard InChI is InChI=1S/C12H20N2O5/c1-12(19-6-10(15)16)7-14(8-12)11(17)13-9-2-4-18-5-3-9/h9H,2-8H2,1H3,(H,13,17)(H,15,16). The van der Waals surface area contributed by atoms with Crippen LogP contribution in [0.2, 0.25) is 0 Å². The maximum Gasteiger partial charge on any atom is 0.329 e. The average molecular weight is 272 g/mol. The monoisotopic (exact) mass is 272 g/mol. The topological polar surface area (TPSA) is 88.1 Å². The lowest BCUT2D eigenvalue weighted by Gasteiger charge is -2.47. The van der Waals surface area contributed by atoms with Gasteiger partial charge in [0.05, 0.1) is 13.1 Å². The SMILES string of the molecule is CC1(OCC(=O)O)CN(C(=O)NC2CCOCC2)C1. The number of hydrogen-bond acceptors (Lipinski definition) is 4. The van der Waals surface area contributed by atoms with E-state index < -0.39 is 11.6 Å². The molecule has 108 valence electrons. The minimum Gasteiger partial charge on any atom is -0.480 e. The van der Waals surface area contributed by atoms with E-state index in [1.54, 1.807) is 4.90 Å². The van der Waals surface area contributed by atoms with Crippen LogP contribution in [0.3, 0.4) is 0 Å². The molecule has 7 nitrogen and oxygen atoms in total. The van der Waals surface area contributed by atoms with E-state index in [-0.39, 0.29) is 18.7 Å². The number of aliphatic carboxylic acids is 1. The molecule has 0 aliphatic carbocycles. The fourth-order valence-electron chi connectivity index (χ4n) is 2.34. The van der Waals surface area contributed by atoms with Gasteiger partial charge < -0.3 is 24.8 Å².